The Kier molecular flexibility index (Phi) is 6.67. The minimum atomic E-state index is 0.161. The van der Waals surface area contributed by atoms with Gasteiger partial charge in [-0.25, -0.2) is 0 Å². The lowest BCUT2D eigenvalue weighted by Gasteiger charge is -2.17. The molecule has 1 atom stereocenters. The van der Waals surface area contributed by atoms with E-state index in [1.54, 1.807) is 6.07 Å². The quantitative estimate of drug-likeness (QED) is 0.630. The first-order valence-electron chi connectivity index (χ1n) is 8.22. The molecule has 1 aromatic rings. The zero-order valence-electron chi connectivity index (χ0n) is 13.9. The molecule has 1 aliphatic rings. The number of hydrogen-bond acceptors (Lipinski definition) is 2. The van der Waals surface area contributed by atoms with E-state index in [2.05, 4.69) is 48.5 Å². The van der Waals surface area contributed by atoms with Gasteiger partial charge in [-0.2, -0.15) is 0 Å². The fourth-order valence-electron chi connectivity index (χ4n) is 2.82. The maximum atomic E-state index is 10.00. The molecule has 0 spiro atoms. The Morgan fingerprint density at radius 1 is 1.39 bits per heavy atom. The maximum absolute atomic E-state index is 10.00. The lowest BCUT2D eigenvalue weighted by molar-refractivity contribution is 0.116. The van der Waals surface area contributed by atoms with Crippen LogP contribution in [0.2, 0.25) is 0 Å². The highest BCUT2D eigenvalue weighted by atomic mass is 79.9. The monoisotopic (exact) mass is 376 g/mol. The molecule has 1 unspecified atom stereocenters. The summed E-state index contributed by atoms with van der Waals surface area (Å²) in [5.41, 5.74) is 4.63. The average Bonchev–Trinajstić information content (AvgIpc) is 3.02. The van der Waals surface area contributed by atoms with Gasteiger partial charge in [0.2, 0.25) is 0 Å². The van der Waals surface area contributed by atoms with Crippen LogP contribution in [0, 0.1) is 0 Å². The Labute approximate surface area is 147 Å². The van der Waals surface area contributed by atoms with E-state index in [0.29, 0.717) is 12.4 Å². The van der Waals surface area contributed by atoms with Gasteiger partial charge in [0.05, 0.1) is 12.7 Å². The third-order valence-electron chi connectivity index (χ3n) is 4.31. The highest BCUT2D eigenvalue weighted by Gasteiger charge is 2.21. The molecule has 0 amide bonds. The summed E-state index contributed by atoms with van der Waals surface area (Å²) in [6, 6.07) is 5.51. The van der Waals surface area contributed by atoms with Crippen LogP contribution in [-0.2, 0) is 4.74 Å². The van der Waals surface area contributed by atoms with Crippen LogP contribution in [-0.4, -0.2) is 17.8 Å². The molecule has 124 valence electrons. The number of rotatable bonds is 7. The second kappa shape index (κ2) is 8.51. The number of benzene rings is 1. The summed E-state index contributed by atoms with van der Waals surface area (Å²) in [6.45, 7) is 9.11. The Morgan fingerprint density at radius 2 is 2.17 bits per heavy atom. The van der Waals surface area contributed by atoms with E-state index in [4.69, 9.17) is 4.74 Å². The van der Waals surface area contributed by atoms with E-state index >= 15 is 0 Å². The van der Waals surface area contributed by atoms with Gasteiger partial charge >= 0.3 is 0 Å². The van der Waals surface area contributed by atoms with Crippen molar-refractivity contribution in [2.45, 2.75) is 45.6 Å². The number of ether oxygens (including phenoxy) is 1. The van der Waals surface area contributed by atoms with Crippen LogP contribution in [0.3, 0.4) is 0 Å². The van der Waals surface area contributed by atoms with Gasteiger partial charge in [0.1, 0.15) is 5.75 Å². The Bertz CT molecular complexity index is 629. The molecule has 1 aliphatic heterocycles. The summed E-state index contributed by atoms with van der Waals surface area (Å²) in [5.74, 6) is 0.316. The van der Waals surface area contributed by atoms with Crippen LogP contribution in [0.15, 0.2) is 52.0 Å². The molecule has 2 rings (SSSR count). The molecule has 23 heavy (non-hydrogen) atoms. The maximum Gasteiger partial charge on any atom is 0.122 e. The van der Waals surface area contributed by atoms with Crippen LogP contribution < -0.4 is 0 Å². The largest absolute Gasteiger partial charge is 0.507 e. The zero-order valence-corrected chi connectivity index (χ0v) is 15.5. The first-order chi connectivity index (χ1) is 11.0. The third-order valence-corrected chi connectivity index (χ3v) is 4.81. The van der Waals surface area contributed by atoms with Gasteiger partial charge in [0.15, 0.2) is 0 Å². The summed E-state index contributed by atoms with van der Waals surface area (Å²) >= 11 is 3.46. The van der Waals surface area contributed by atoms with Crippen molar-refractivity contribution in [3.05, 3.63) is 57.6 Å². The molecule has 3 heteroatoms. The number of phenols is 1. The van der Waals surface area contributed by atoms with Crippen molar-refractivity contribution in [1.29, 1.82) is 0 Å². The third kappa shape index (κ3) is 4.82. The smallest absolute Gasteiger partial charge is 0.122 e. The molecule has 0 aromatic heterocycles. The SMILES string of the molecule is C=C(CC)C1=CCOC1CC/C(=C/c1cc(Br)ccc1O)CC. The fourth-order valence-corrected chi connectivity index (χ4v) is 3.20. The summed E-state index contributed by atoms with van der Waals surface area (Å²) in [4.78, 5) is 0. The van der Waals surface area contributed by atoms with Gasteiger partial charge < -0.3 is 9.84 Å². The van der Waals surface area contributed by atoms with Crippen molar-refractivity contribution >= 4 is 22.0 Å². The van der Waals surface area contributed by atoms with Gasteiger partial charge in [-0.3, -0.25) is 0 Å². The molecular formula is C20H25BrO2. The number of hydrogen-bond donors (Lipinski definition) is 1. The molecule has 1 heterocycles. The Balaban J connectivity index is 2.05. The van der Waals surface area contributed by atoms with Gasteiger partial charge in [-0.1, -0.05) is 54.1 Å². The molecule has 0 saturated heterocycles. The van der Waals surface area contributed by atoms with E-state index in [1.807, 2.05) is 12.1 Å². The molecule has 1 aromatic carbocycles. The fraction of sp³-hybridized carbons (Fsp3) is 0.400. The van der Waals surface area contributed by atoms with E-state index in [9.17, 15) is 5.11 Å². The van der Waals surface area contributed by atoms with Crippen LogP contribution >= 0.6 is 15.9 Å². The van der Waals surface area contributed by atoms with Gasteiger partial charge in [-0.15, -0.1) is 0 Å². The second-order valence-electron chi connectivity index (χ2n) is 5.84. The molecular weight excluding hydrogens is 352 g/mol. The number of halogens is 1. The molecule has 0 radical (unpaired) electrons. The van der Waals surface area contributed by atoms with Crippen LogP contribution in [0.25, 0.3) is 6.08 Å². The van der Waals surface area contributed by atoms with E-state index < -0.39 is 0 Å². The van der Waals surface area contributed by atoms with Crippen LogP contribution in [0.4, 0.5) is 0 Å². The van der Waals surface area contributed by atoms with Gasteiger partial charge in [0.25, 0.3) is 0 Å². The summed E-state index contributed by atoms with van der Waals surface area (Å²) in [7, 11) is 0. The predicted octanol–water partition coefficient (Wildman–Crippen LogP) is 6.02. The number of aromatic hydroxyl groups is 1. The Morgan fingerprint density at radius 3 is 2.87 bits per heavy atom. The Hall–Kier alpha value is -1.32. The lowest BCUT2D eigenvalue weighted by Crippen LogP contribution is -2.11. The minimum Gasteiger partial charge on any atom is -0.507 e. The van der Waals surface area contributed by atoms with E-state index in [1.165, 1.54) is 16.7 Å². The first-order valence-corrected chi connectivity index (χ1v) is 9.02. The second-order valence-corrected chi connectivity index (χ2v) is 6.75. The molecule has 1 N–H and O–H groups in total. The van der Waals surface area contributed by atoms with E-state index in [0.717, 1.165) is 35.7 Å². The molecule has 0 aliphatic carbocycles. The minimum absolute atomic E-state index is 0.161. The highest BCUT2D eigenvalue weighted by Crippen LogP contribution is 2.30. The van der Waals surface area contributed by atoms with Crippen molar-refractivity contribution in [2.24, 2.45) is 0 Å². The van der Waals surface area contributed by atoms with Crippen molar-refractivity contribution in [1.82, 2.24) is 0 Å². The standard InChI is InChI=1S/C20H25BrO2/c1-4-14(3)18-10-11-23-20(18)9-6-15(5-2)12-16-13-17(21)7-8-19(16)22/h7-8,10,12-13,20,22H,3-6,9,11H2,1-2H3/b15-12+. The topological polar surface area (TPSA) is 29.5 Å². The average molecular weight is 377 g/mol. The van der Waals surface area contributed by atoms with Crippen molar-refractivity contribution < 1.29 is 9.84 Å². The number of allylic oxidation sites excluding steroid dienone is 1. The van der Waals surface area contributed by atoms with Crippen molar-refractivity contribution in [3.8, 4) is 5.75 Å². The van der Waals surface area contributed by atoms with E-state index in [-0.39, 0.29) is 6.10 Å². The van der Waals surface area contributed by atoms with Crippen LogP contribution in [0.5, 0.6) is 5.75 Å². The van der Waals surface area contributed by atoms with Crippen LogP contribution in [0.1, 0.15) is 45.1 Å². The molecule has 0 fully saturated rings. The summed E-state index contributed by atoms with van der Waals surface area (Å²) in [6.07, 6.45) is 8.26. The predicted molar refractivity (Wildman–Crippen MR) is 101 cm³/mol. The van der Waals surface area contributed by atoms with Crippen molar-refractivity contribution in [2.75, 3.05) is 6.61 Å². The molecule has 0 saturated carbocycles. The summed E-state index contributed by atoms with van der Waals surface area (Å²) in [5, 5.41) is 10.00. The molecule has 2 nitrogen and oxygen atoms in total. The van der Waals surface area contributed by atoms with Crippen molar-refractivity contribution in [3.63, 3.8) is 0 Å². The summed E-state index contributed by atoms with van der Waals surface area (Å²) < 4.78 is 6.81. The number of phenolic OH excluding ortho intramolecular Hbond substituents is 1. The van der Waals surface area contributed by atoms with Gasteiger partial charge in [0, 0.05) is 10.0 Å². The highest BCUT2D eigenvalue weighted by molar-refractivity contribution is 9.10. The van der Waals surface area contributed by atoms with Gasteiger partial charge in [-0.05, 0) is 55.0 Å². The lowest BCUT2D eigenvalue weighted by atomic mass is 9.94. The zero-order chi connectivity index (χ0) is 16.8. The molecule has 0 bridgehead atoms. The normalized spacial score (nSPS) is 18.1. The first kappa shape index (κ1) is 18.0.